The lowest BCUT2D eigenvalue weighted by Gasteiger charge is -2.34. The molecule has 1 aliphatic heterocycles. The van der Waals surface area contributed by atoms with E-state index in [1.54, 1.807) is 30.3 Å². The Labute approximate surface area is 159 Å². The third kappa shape index (κ3) is 4.46. The van der Waals surface area contributed by atoms with Gasteiger partial charge in [-0.3, -0.25) is 9.69 Å². The zero-order valence-electron chi connectivity index (χ0n) is 16.0. The number of rotatable bonds is 4. The number of aryl methyl sites for hydroxylation is 2. The van der Waals surface area contributed by atoms with Gasteiger partial charge in [-0.15, -0.1) is 0 Å². The highest BCUT2D eigenvalue weighted by Gasteiger charge is 2.22. The normalized spacial score (nSPS) is 14.9. The van der Waals surface area contributed by atoms with Crippen molar-refractivity contribution in [2.24, 2.45) is 7.05 Å². The molecule has 8 heteroatoms. The van der Waals surface area contributed by atoms with E-state index in [9.17, 15) is 9.59 Å². The second-order valence-electron chi connectivity index (χ2n) is 6.76. The van der Waals surface area contributed by atoms with Crippen molar-refractivity contribution in [1.29, 1.82) is 0 Å². The van der Waals surface area contributed by atoms with E-state index in [-0.39, 0.29) is 11.9 Å². The first kappa shape index (κ1) is 18.9. The molecule has 0 aliphatic carbocycles. The molecule has 0 unspecified atom stereocenters. The fraction of sp³-hybridized carbons (Fsp3) is 0.421. The van der Waals surface area contributed by atoms with Gasteiger partial charge in [0, 0.05) is 63.9 Å². The van der Waals surface area contributed by atoms with Crippen LogP contribution in [-0.2, 0) is 13.6 Å². The zero-order valence-corrected chi connectivity index (χ0v) is 16.0. The number of carbonyl (C=O) groups excluding carboxylic acids is 2. The average molecular weight is 370 g/mol. The molecule has 1 aromatic carbocycles. The molecule has 0 bridgehead atoms. The van der Waals surface area contributed by atoms with Crippen LogP contribution in [0.2, 0.25) is 0 Å². The topological polar surface area (TPSA) is 82.5 Å². The lowest BCUT2D eigenvalue weighted by molar-refractivity contribution is 0.0963. The first-order valence-electron chi connectivity index (χ1n) is 9.05. The van der Waals surface area contributed by atoms with E-state index in [2.05, 4.69) is 20.5 Å². The van der Waals surface area contributed by atoms with Crippen LogP contribution in [0.5, 0.6) is 0 Å². The van der Waals surface area contributed by atoms with Crippen LogP contribution in [0.1, 0.15) is 21.7 Å². The summed E-state index contributed by atoms with van der Waals surface area (Å²) in [5, 5.41) is 5.54. The van der Waals surface area contributed by atoms with Gasteiger partial charge in [-0.25, -0.2) is 9.78 Å². The molecule has 1 fully saturated rings. The number of nitrogens with zero attached hydrogens (tertiary/aromatic N) is 4. The van der Waals surface area contributed by atoms with Crippen LogP contribution >= 0.6 is 0 Å². The van der Waals surface area contributed by atoms with E-state index in [0.717, 1.165) is 31.0 Å². The summed E-state index contributed by atoms with van der Waals surface area (Å²) in [5.41, 5.74) is 2.11. The summed E-state index contributed by atoms with van der Waals surface area (Å²) in [5.74, 6) is 0.850. The Hall–Kier alpha value is -2.87. The van der Waals surface area contributed by atoms with E-state index in [4.69, 9.17) is 0 Å². The van der Waals surface area contributed by atoms with Gasteiger partial charge in [0.15, 0.2) is 0 Å². The van der Waals surface area contributed by atoms with Gasteiger partial charge in [-0.2, -0.15) is 0 Å². The van der Waals surface area contributed by atoms with E-state index in [0.29, 0.717) is 24.3 Å². The number of hydrogen-bond donors (Lipinski definition) is 2. The number of anilines is 1. The minimum absolute atomic E-state index is 0.135. The Morgan fingerprint density at radius 2 is 1.93 bits per heavy atom. The predicted molar refractivity (Wildman–Crippen MR) is 104 cm³/mol. The number of carbonyl (C=O) groups is 2. The minimum atomic E-state index is -0.173. The van der Waals surface area contributed by atoms with Crippen LogP contribution < -0.4 is 10.6 Å². The van der Waals surface area contributed by atoms with E-state index in [1.165, 1.54) is 0 Å². The van der Waals surface area contributed by atoms with Gasteiger partial charge in [-0.05, 0) is 24.6 Å². The molecular formula is C19H26N6O2. The highest BCUT2D eigenvalue weighted by molar-refractivity contribution is 5.97. The summed E-state index contributed by atoms with van der Waals surface area (Å²) in [7, 11) is 3.58. The van der Waals surface area contributed by atoms with Crippen LogP contribution in [0.3, 0.4) is 0 Å². The average Bonchev–Trinajstić information content (AvgIpc) is 3.08. The van der Waals surface area contributed by atoms with Crippen molar-refractivity contribution >= 4 is 17.6 Å². The first-order chi connectivity index (χ1) is 13.0. The quantitative estimate of drug-likeness (QED) is 0.853. The first-order valence-corrected chi connectivity index (χ1v) is 9.05. The van der Waals surface area contributed by atoms with Crippen molar-refractivity contribution in [3.63, 3.8) is 0 Å². The van der Waals surface area contributed by atoms with Gasteiger partial charge in [0.1, 0.15) is 5.82 Å². The summed E-state index contributed by atoms with van der Waals surface area (Å²) in [6.07, 6.45) is 3.74. The highest BCUT2D eigenvalue weighted by Crippen LogP contribution is 2.18. The molecule has 2 heterocycles. The number of imidazole rings is 1. The third-order valence-corrected chi connectivity index (χ3v) is 4.91. The lowest BCUT2D eigenvalue weighted by Crippen LogP contribution is -2.49. The minimum Gasteiger partial charge on any atom is -0.355 e. The van der Waals surface area contributed by atoms with Crippen molar-refractivity contribution in [2.75, 3.05) is 38.5 Å². The second-order valence-corrected chi connectivity index (χ2v) is 6.76. The number of piperazine rings is 1. The maximum atomic E-state index is 12.6. The molecule has 27 heavy (non-hydrogen) atoms. The van der Waals surface area contributed by atoms with Crippen LogP contribution in [0.25, 0.3) is 0 Å². The number of amides is 3. The van der Waals surface area contributed by atoms with Gasteiger partial charge in [0.2, 0.25) is 0 Å². The molecular weight excluding hydrogens is 344 g/mol. The molecule has 1 aromatic heterocycles. The molecule has 3 amide bonds. The van der Waals surface area contributed by atoms with Crippen LogP contribution in [-0.4, -0.2) is 64.5 Å². The van der Waals surface area contributed by atoms with Crippen LogP contribution in [0.4, 0.5) is 10.5 Å². The zero-order chi connectivity index (χ0) is 19.4. The summed E-state index contributed by atoms with van der Waals surface area (Å²) in [6, 6.07) is 5.16. The Morgan fingerprint density at radius 1 is 1.19 bits per heavy atom. The monoisotopic (exact) mass is 370 g/mol. The van der Waals surface area contributed by atoms with Crippen molar-refractivity contribution < 1.29 is 9.59 Å². The molecule has 0 radical (unpaired) electrons. The Bertz CT molecular complexity index is 823. The van der Waals surface area contributed by atoms with E-state index >= 15 is 0 Å². The third-order valence-electron chi connectivity index (χ3n) is 4.91. The SMILES string of the molecule is CNC(=O)c1ccc(C)c(NC(=O)N2CCN(Cc3nccn3C)CC2)c1. The van der Waals surface area contributed by atoms with Crippen molar-refractivity contribution in [3.05, 3.63) is 47.5 Å². The molecule has 144 valence electrons. The summed E-state index contributed by atoms with van der Waals surface area (Å²) < 4.78 is 2.02. The largest absolute Gasteiger partial charge is 0.355 e. The second kappa shape index (κ2) is 8.22. The molecule has 1 aliphatic rings. The molecule has 0 spiro atoms. The van der Waals surface area contributed by atoms with E-state index < -0.39 is 0 Å². The molecule has 8 nitrogen and oxygen atoms in total. The van der Waals surface area contributed by atoms with Gasteiger partial charge in [0.05, 0.1) is 6.54 Å². The molecule has 0 atom stereocenters. The number of nitrogens with one attached hydrogen (secondary N) is 2. The predicted octanol–water partition coefficient (Wildman–Crippen LogP) is 1.44. The standard InChI is InChI=1S/C19H26N6O2/c1-14-4-5-15(18(26)20-2)12-16(14)22-19(27)25-10-8-24(9-11-25)13-17-21-6-7-23(17)3/h4-7,12H,8-11,13H2,1-3H3,(H,20,26)(H,22,27). The summed E-state index contributed by atoms with van der Waals surface area (Å²) in [6.45, 7) is 5.62. The van der Waals surface area contributed by atoms with Crippen LogP contribution in [0, 0.1) is 6.92 Å². The fourth-order valence-corrected chi connectivity index (χ4v) is 3.09. The Balaban J connectivity index is 1.57. The van der Waals surface area contributed by atoms with Gasteiger partial charge >= 0.3 is 6.03 Å². The van der Waals surface area contributed by atoms with Crippen molar-refractivity contribution in [3.8, 4) is 0 Å². The number of hydrogen-bond acceptors (Lipinski definition) is 4. The molecule has 0 saturated carbocycles. The Morgan fingerprint density at radius 3 is 2.56 bits per heavy atom. The molecule has 3 rings (SSSR count). The molecule has 2 aromatic rings. The van der Waals surface area contributed by atoms with Crippen molar-refractivity contribution in [2.45, 2.75) is 13.5 Å². The van der Waals surface area contributed by atoms with Crippen LogP contribution in [0.15, 0.2) is 30.6 Å². The molecule has 1 saturated heterocycles. The lowest BCUT2D eigenvalue weighted by atomic mass is 10.1. The van der Waals surface area contributed by atoms with E-state index in [1.807, 2.05) is 30.8 Å². The maximum Gasteiger partial charge on any atom is 0.321 e. The number of urea groups is 1. The smallest absolute Gasteiger partial charge is 0.321 e. The molecule has 2 N–H and O–H groups in total. The number of benzene rings is 1. The number of aromatic nitrogens is 2. The van der Waals surface area contributed by atoms with Gasteiger partial charge in [-0.1, -0.05) is 6.07 Å². The van der Waals surface area contributed by atoms with Gasteiger partial charge < -0.3 is 20.1 Å². The van der Waals surface area contributed by atoms with Gasteiger partial charge in [0.25, 0.3) is 5.91 Å². The fourth-order valence-electron chi connectivity index (χ4n) is 3.09. The Kier molecular flexibility index (Phi) is 5.75. The van der Waals surface area contributed by atoms with Crippen molar-refractivity contribution in [1.82, 2.24) is 24.7 Å². The summed E-state index contributed by atoms with van der Waals surface area (Å²) in [4.78, 5) is 32.9. The summed E-state index contributed by atoms with van der Waals surface area (Å²) >= 11 is 0. The highest BCUT2D eigenvalue weighted by atomic mass is 16.2. The maximum absolute atomic E-state index is 12.6.